The van der Waals surface area contributed by atoms with Crippen molar-refractivity contribution in [1.82, 2.24) is 0 Å². The first kappa shape index (κ1) is 24.7. The van der Waals surface area contributed by atoms with Crippen LogP contribution in [0.5, 0.6) is 0 Å². The monoisotopic (exact) mass is 394 g/mol. The molecule has 0 saturated heterocycles. The van der Waals surface area contributed by atoms with Gasteiger partial charge in [-0.05, 0) is 25.7 Å². The number of allylic oxidation sites excluding steroid dienone is 1. The van der Waals surface area contributed by atoms with Crippen LogP contribution in [0.3, 0.4) is 0 Å². The van der Waals surface area contributed by atoms with E-state index < -0.39 is 22.8 Å². The van der Waals surface area contributed by atoms with Crippen molar-refractivity contribution in [2.24, 2.45) is 10.8 Å². The van der Waals surface area contributed by atoms with Crippen molar-refractivity contribution in [1.29, 1.82) is 0 Å². The zero-order chi connectivity index (χ0) is 20.9. The minimum atomic E-state index is -1.26. The van der Waals surface area contributed by atoms with Gasteiger partial charge in [-0.25, -0.2) is 0 Å². The molecule has 0 aromatic carbocycles. The maximum atomic E-state index is 12.4. The smallest absolute Gasteiger partial charge is 0.314 e. The van der Waals surface area contributed by atoms with Crippen molar-refractivity contribution >= 4 is 11.9 Å². The molecule has 0 radical (unpaired) electrons. The van der Waals surface area contributed by atoms with Crippen molar-refractivity contribution in [3.05, 3.63) is 12.2 Å². The lowest BCUT2D eigenvalue weighted by atomic mass is 9.54. The van der Waals surface area contributed by atoms with Crippen LogP contribution in [0.15, 0.2) is 12.2 Å². The van der Waals surface area contributed by atoms with Crippen molar-refractivity contribution in [3.63, 3.8) is 0 Å². The molecular weight excluding hydrogens is 352 g/mol. The van der Waals surface area contributed by atoms with Crippen molar-refractivity contribution in [3.8, 4) is 0 Å². The molecule has 1 aliphatic rings. The quantitative estimate of drug-likeness (QED) is 0.219. The molecule has 0 aliphatic heterocycles. The minimum Gasteiger partial charge on any atom is -0.481 e. The molecule has 0 bridgehead atoms. The Labute approximate surface area is 171 Å². The van der Waals surface area contributed by atoms with E-state index in [4.69, 9.17) is 0 Å². The van der Waals surface area contributed by atoms with Crippen molar-refractivity contribution in [2.75, 3.05) is 0 Å². The van der Waals surface area contributed by atoms with E-state index in [9.17, 15) is 19.8 Å². The predicted octanol–water partition coefficient (Wildman–Crippen LogP) is 6.98. The van der Waals surface area contributed by atoms with Gasteiger partial charge < -0.3 is 10.2 Å². The highest BCUT2D eigenvalue weighted by atomic mass is 16.4. The van der Waals surface area contributed by atoms with E-state index >= 15 is 0 Å². The van der Waals surface area contributed by atoms with Gasteiger partial charge in [-0.1, -0.05) is 103 Å². The molecule has 1 rings (SSSR count). The number of unbranched alkanes of at least 4 members (excludes halogenated alkanes) is 10. The fourth-order valence-electron chi connectivity index (χ4n) is 4.85. The first-order chi connectivity index (χ1) is 13.5. The van der Waals surface area contributed by atoms with Crippen LogP contribution in [0, 0.1) is 10.8 Å². The summed E-state index contributed by atoms with van der Waals surface area (Å²) in [5.41, 5.74) is -2.42. The van der Waals surface area contributed by atoms with E-state index in [0.717, 1.165) is 38.5 Å². The molecule has 0 aromatic rings. The van der Waals surface area contributed by atoms with E-state index in [1.165, 1.54) is 38.5 Å². The molecule has 1 aliphatic carbocycles. The standard InChI is InChI=1S/C24H42O4/c1-3-5-7-9-11-13-17-23(21(25)26)19-15-16-20-24(23,22(27)28)18-14-12-10-8-6-4-2/h15,19H,3-14,16-18,20H2,1-2H3,(H,25,26)(H,27,28). The summed E-state index contributed by atoms with van der Waals surface area (Å²) in [5.74, 6) is -1.87. The van der Waals surface area contributed by atoms with E-state index in [-0.39, 0.29) is 0 Å². The molecule has 0 heterocycles. The summed E-state index contributed by atoms with van der Waals surface area (Å²) < 4.78 is 0. The topological polar surface area (TPSA) is 74.6 Å². The van der Waals surface area contributed by atoms with Crippen LogP contribution in [0.1, 0.15) is 117 Å². The van der Waals surface area contributed by atoms with E-state index in [1.54, 1.807) is 6.08 Å². The SMILES string of the molecule is CCCCCCCCC1(C(=O)O)C=CCCC1(CCCCCCCC)C(=O)O. The van der Waals surface area contributed by atoms with Crippen LogP contribution in [-0.2, 0) is 9.59 Å². The largest absolute Gasteiger partial charge is 0.481 e. The summed E-state index contributed by atoms with van der Waals surface area (Å²) in [6, 6.07) is 0. The highest BCUT2D eigenvalue weighted by Crippen LogP contribution is 2.54. The maximum Gasteiger partial charge on any atom is 0.314 e. The molecule has 0 spiro atoms. The van der Waals surface area contributed by atoms with Gasteiger partial charge >= 0.3 is 11.9 Å². The minimum absolute atomic E-state index is 0.438. The fraction of sp³-hybridized carbons (Fsp3) is 0.833. The van der Waals surface area contributed by atoms with Crippen molar-refractivity contribution in [2.45, 2.75) is 117 Å². The fourth-order valence-corrected chi connectivity index (χ4v) is 4.85. The Morgan fingerprint density at radius 1 is 0.750 bits per heavy atom. The molecule has 0 aromatic heterocycles. The summed E-state index contributed by atoms with van der Waals surface area (Å²) in [6.07, 6.45) is 18.6. The number of carboxylic acid groups (broad SMARTS) is 2. The Balaban J connectivity index is 2.85. The van der Waals surface area contributed by atoms with E-state index in [1.807, 2.05) is 6.08 Å². The average molecular weight is 395 g/mol. The molecule has 162 valence electrons. The summed E-state index contributed by atoms with van der Waals surface area (Å²) in [5, 5.41) is 20.4. The second kappa shape index (κ2) is 13.0. The number of hydrogen-bond acceptors (Lipinski definition) is 2. The predicted molar refractivity (Wildman–Crippen MR) is 114 cm³/mol. The molecule has 2 atom stereocenters. The molecule has 2 unspecified atom stereocenters. The Bertz CT molecular complexity index is 499. The lowest BCUT2D eigenvalue weighted by Crippen LogP contribution is -2.53. The summed E-state index contributed by atoms with van der Waals surface area (Å²) in [7, 11) is 0. The number of carboxylic acids is 2. The molecule has 0 amide bonds. The Morgan fingerprint density at radius 2 is 1.25 bits per heavy atom. The number of rotatable bonds is 16. The lowest BCUT2D eigenvalue weighted by molar-refractivity contribution is -0.173. The van der Waals surface area contributed by atoms with Crippen LogP contribution < -0.4 is 0 Å². The molecule has 0 fully saturated rings. The van der Waals surface area contributed by atoms with Gasteiger partial charge in [-0.15, -0.1) is 0 Å². The van der Waals surface area contributed by atoms with Crippen LogP contribution >= 0.6 is 0 Å². The Morgan fingerprint density at radius 3 is 1.75 bits per heavy atom. The number of carbonyl (C=O) groups is 2. The van der Waals surface area contributed by atoms with Crippen LogP contribution in [-0.4, -0.2) is 22.2 Å². The van der Waals surface area contributed by atoms with Crippen LogP contribution in [0.4, 0.5) is 0 Å². The van der Waals surface area contributed by atoms with Gasteiger partial charge in [-0.3, -0.25) is 9.59 Å². The van der Waals surface area contributed by atoms with Gasteiger partial charge in [0.05, 0.1) is 5.41 Å². The molecule has 0 saturated carbocycles. The first-order valence-electron chi connectivity index (χ1n) is 11.6. The average Bonchev–Trinajstić information content (AvgIpc) is 2.67. The second-order valence-corrected chi connectivity index (χ2v) is 8.64. The van der Waals surface area contributed by atoms with Crippen LogP contribution in [0.25, 0.3) is 0 Å². The Kier molecular flexibility index (Phi) is 11.5. The van der Waals surface area contributed by atoms with Gasteiger partial charge in [0.2, 0.25) is 0 Å². The Hall–Kier alpha value is -1.32. The van der Waals surface area contributed by atoms with Gasteiger partial charge in [0.25, 0.3) is 0 Å². The molecule has 2 N–H and O–H groups in total. The highest BCUT2D eigenvalue weighted by molar-refractivity contribution is 5.88. The van der Waals surface area contributed by atoms with E-state index in [0.29, 0.717) is 25.7 Å². The molecule has 4 nitrogen and oxygen atoms in total. The zero-order valence-corrected chi connectivity index (χ0v) is 18.2. The molecule has 4 heteroatoms. The normalized spacial score (nSPS) is 24.4. The van der Waals surface area contributed by atoms with Gasteiger partial charge in [0.15, 0.2) is 0 Å². The third-order valence-electron chi connectivity index (χ3n) is 6.67. The van der Waals surface area contributed by atoms with Gasteiger partial charge in [0.1, 0.15) is 5.41 Å². The third-order valence-corrected chi connectivity index (χ3v) is 6.67. The van der Waals surface area contributed by atoms with Gasteiger partial charge in [0, 0.05) is 0 Å². The number of hydrogen-bond donors (Lipinski definition) is 2. The third kappa shape index (κ3) is 6.35. The second-order valence-electron chi connectivity index (χ2n) is 8.64. The van der Waals surface area contributed by atoms with E-state index in [2.05, 4.69) is 13.8 Å². The van der Waals surface area contributed by atoms with Crippen molar-refractivity contribution < 1.29 is 19.8 Å². The van der Waals surface area contributed by atoms with Crippen LogP contribution in [0.2, 0.25) is 0 Å². The highest BCUT2D eigenvalue weighted by Gasteiger charge is 2.59. The molecule has 28 heavy (non-hydrogen) atoms. The summed E-state index contributed by atoms with van der Waals surface area (Å²) in [6.45, 7) is 4.35. The number of aliphatic carboxylic acids is 2. The zero-order valence-electron chi connectivity index (χ0n) is 18.2. The maximum absolute atomic E-state index is 12.4. The summed E-state index contributed by atoms with van der Waals surface area (Å²) >= 11 is 0. The van der Waals surface area contributed by atoms with Gasteiger partial charge in [-0.2, -0.15) is 0 Å². The molecular formula is C24H42O4. The first-order valence-corrected chi connectivity index (χ1v) is 11.6. The lowest BCUT2D eigenvalue weighted by Gasteiger charge is -2.46. The summed E-state index contributed by atoms with van der Waals surface area (Å²) in [4.78, 5) is 24.9.